The number of nitrogens with zero attached hydrogens (tertiary/aromatic N) is 1. The summed E-state index contributed by atoms with van der Waals surface area (Å²) < 4.78 is 30.5. The molecule has 1 saturated heterocycles. The Hall–Kier alpha value is -1.98. The van der Waals surface area contributed by atoms with Crippen LogP contribution in [0.4, 0.5) is 13.6 Å². The monoisotopic (exact) mass is 297 g/mol. The van der Waals surface area contributed by atoms with Crippen LogP contribution in [0.15, 0.2) is 30.3 Å². The van der Waals surface area contributed by atoms with E-state index in [4.69, 9.17) is 4.74 Å². The normalized spacial score (nSPS) is 18.7. The van der Waals surface area contributed by atoms with Crippen molar-refractivity contribution in [2.75, 3.05) is 6.61 Å². The molecule has 1 fully saturated rings. The molecule has 0 radical (unpaired) electrons. The van der Waals surface area contributed by atoms with Gasteiger partial charge in [0.15, 0.2) is 0 Å². The summed E-state index contributed by atoms with van der Waals surface area (Å²) in [6, 6.07) is 8.91. The highest BCUT2D eigenvalue weighted by atomic mass is 19.3. The third-order valence-electron chi connectivity index (χ3n) is 3.32. The Balaban J connectivity index is 2.01. The Morgan fingerprint density at radius 1 is 1.38 bits per heavy atom. The fourth-order valence-corrected chi connectivity index (χ4v) is 2.25. The average Bonchev–Trinajstić information content (AvgIpc) is 2.77. The summed E-state index contributed by atoms with van der Waals surface area (Å²) in [6.45, 7) is 0.853. The Kier molecular flexibility index (Phi) is 4.55. The molecule has 0 bridgehead atoms. The first kappa shape index (κ1) is 15.4. The lowest BCUT2D eigenvalue weighted by molar-refractivity contribution is -0.131. The van der Waals surface area contributed by atoms with E-state index in [-0.39, 0.29) is 13.0 Å². The number of carbonyl (C=O) groups excluding carboxylic acids is 2. The van der Waals surface area contributed by atoms with Gasteiger partial charge in [-0.2, -0.15) is 0 Å². The zero-order chi connectivity index (χ0) is 15.5. The first-order chi connectivity index (χ1) is 9.87. The molecule has 1 heterocycles. The van der Waals surface area contributed by atoms with Crippen LogP contribution >= 0.6 is 0 Å². The van der Waals surface area contributed by atoms with E-state index in [0.717, 1.165) is 17.4 Å². The summed E-state index contributed by atoms with van der Waals surface area (Å²) in [5.74, 6) is -3.53. The van der Waals surface area contributed by atoms with Crippen LogP contribution in [-0.2, 0) is 16.0 Å². The fraction of sp³-hybridized carbons (Fsp3) is 0.467. The van der Waals surface area contributed by atoms with Gasteiger partial charge in [0.1, 0.15) is 6.61 Å². The van der Waals surface area contributed by atoms with Gasteiger partial charge in [0.05, 0.1) is 6.04 Å². The second-order valence-corrected chi connectivity index (χ2v) is 5.25. The third-order valence-corrected chi connectivity index (χ3v) is 3.32. The van der Waals surface area contributed by atoms with E-state index in [2.05, 4.69) is 0 Å². The highest BCUT2D eigenvalue weighted by Crippen LogP contribution is 2.23. The molecule has 0 saturated carbocycles. The van der Waals surface area contributed by atoms with Gasteiger partial charge < -0.3 is 4.74 Å². The third kappa shape index (κ3) is 4.24. The number of benzene rings is 1. The topological polar surface area (TPSA) is 46.6 Å². The van der Waals surface area contributed by atoms with Gasteiger partial charge in [-0.05, 0) is 18.9 Å². The van der Waals surface area contributed by atoms with Crippen molar-refractivity contribution in [3.63, 3.8) is 0 Å². The maximum absolute atomic E-state index is 12.8. The van der Waals surface area contributed by atoms with Crippen molar-refractivity contribution in [1.82, 2.24) is 4.90 Å². The van der Waals surface area contributed by atoms with Gasteiger partial charge in [0.25, 0.3) is 0 Å². The van der Waals surface area contributed by atoms with Crippen molar-refractivity contribution in [2.45, 2.75) is 38.2 Å². The predicted octanol–water partition coefficient (Wildman–Crippen LogP) is 3.01. The molecule has 0 aliphatic carbocycles. The van der Waals surface area contributed by atoms with Crippen molar-refractivity contribution >= 4 is 12.0 Å². The molecule has 1 aliphatic rings. The van der Waals surface area contributed by atoms with Crippen LogP contribution in [0.3, 0.4) is 0 Å². The standard InChI is InChI=1S/C15H17F2NO3/c1-15(16,17)8-7-13(19)18-12(10-21-14(18)20)9-11-5-3-2-4-6-11/h2-6,12H,7-10H2,1H3/t12-/m0/s1. The van der Waals surface area contributed by atoms with Crippen molar-refractivity contribution in [3.05, 3.63) is 35.9 Å². The molecule has 114 valence electrons. The van der Waals surface area contributed by atoms with Gasteiger partial charge in [-0.15, -0.1) is 0 Å². The van der Waals surface area contributed by atoms with Crippen LogP contribution < -0.4 is 0 Å². The van der Waals surface area contributed by atoms with Gasteiger partial charge in [-0.1, -0.05) is 30.3 Å². The van der Waals surface area contributed by atoms with E-state index in [1.54, 1.807) is 0 Å². The largest absolute Gasteiger partial charge is 0.447 e. The molecule has 4 nitrogen and oxygen atoms in total. The lowest BCUT2D eigenvalue weighted by atomic mass is 10.1. The summed E-state index contributed by atoms with van der Waals surface area (Å²) in [5, 5.41) is 0. The van der Waals surface area contributed by atoms with Gasteiger partial charge in [-0.3, -0.25) is 4.79 Å². The van der Waals surface area contributed by atoms with E-state index < -0.39 is 30.4 Å². The smallest absolute Gasteiger partial charge is 0.416 e. The molecule has 6 heteroatoms. The van der Waals surface area contributed by atoms with E-state index >= 15 is 0 Å². The number of hydrogen-bond donors (Lipinski definition) is 0. The van der Waals surface area contributed by atoms with Crippen LogP contribution in [0.25, 0.3) is 0 Å². The van der Waals surface area contributed by atoms with Gasteiger partial charge in [0, 0.05) is 12.8 Å². The Labute approximate surface area is 121 Å². The zero-order valence-corrected chi connectivity index (χ0v) is 11.7. The molecule has 1 aromatic rings. The fourth-order valence-electron chi connectivity index (χ4n) is 2.25. The SMILES string of the molecule is CC(F)(F)CCC(=O)N1C(=O)OC[C@@H]1Cc1ccccc1. The van der Waals surface area contributed by atoms with Crippen LogP contribution in [0.5, 0.6) is 0 Å². The predicted molar refractivity (Wildman–Crippen MR) is 72.0 cm³/mol. The number of amides is 2. The highest BCUT2D eigenvalue weighted by molar-refractivity contribution is 5.93. The molecule has 0 aromatic heterocycles. The second-order valence-electron chi connectivity index (χ2n) is 5.25. The molecule has 0 spiro atoms. The van der Waals surface area contributed by atoms with Crippen LogP contribution in [0.1, 0.15) is 25.3 Å². The highest BCUT2D eigenvalue weighted by Gasteiger charge is 2.38. The number of rotatable bonds is 5. The summed E-state index contributed by atoms with van der Waals surface area (Å²) in [4.78, 5) is 24.6. The van der Waals surface area contributed by atoms with E-state index in [0.29, 0.717) is 6.42 Å². The molecule has 21 heavy (non-hydrogen) atoms. The number of halogens is 2. The van der Waals surface area contributed by atoms with Crippen molar-refractivity contribution < 1.29 is 23.1 Å². The molecule has 1 atom stereocenters. The molecule has 0 N–H and O–H groups in total. The lowest BCUT2D eigenvalue weighted by Crippen LogP contribution is -2.40. The summed E-state index contributed by atoms with van der Waals surface area (Å²) in [5.41, 5.74) is 0.958. The zero-order valence-electron chi connectivity index (χ0n) is 11.7. The van der Waals surface area contributed by atoms with Gasteiger partial charge in [0.2, 0.25) is 11.8 Å². The number of carbonyl (C=O) groups is 2. The number of cyclic esters (lactones) is 1. The van der Waals surface area contributed by atoms with Gasteiger partial charge in [-0.25, -0.2) is 18.5 Å². The Morgan fingerprint density at radius 2 is 2.05 bits per heavy atom. The molecular weight excluding hydrogens is 280 g/mol. The molecule has 2 amide bonds. The molecule has 1 aliphatic heterocycles. The first-order valence-corrected chi connectivity index (χ1v) is 6.77. The van der Waals surface area contributed by atoms with Crippen LogP contribution in [0, 0.1) is 0 Å². The lowest BCUT2D eigenvalue weighted by Gasteiger charge is -2.20. The quantitative estimate of drug-likeness (QED) is 0.839. The maximum Gasteiger partial charge on any atom is 0.416 e. The van der Waals surface area contributed by atoms with Crippen molar-refractivity contribution in [1.29, 1.82) is 0 Å². The number of alkyl halides is 2. The van der Waals surface area contributed by atoms with Crippen molar-refractivity contribution in [3.8, 4) is 0 Å². The Bertz CT molecular complexity index is 513. The Morgan fingerprint density at radius 3 is 2.67 bits per heavy atom. The summed E-state index contributed by atoms with van der Waals surface area (Å²) in [7, 11) is 0. The minimum Gasteiger partial charge on any atom is -0.447 e. The van der Waals surface area contributed by atoms with Crippen LogP contribution in [0.2, 0.25) is 0 Å². The molecule has 2 rings (SSSR count). The molecule has 1 aromatic carbocycles. The number of ether oxygens (including phenoxy) is 1. The van der Waals surface area contributed by atoms with E-state index in [9.17, 15) is 18.4 Å². The summed E-state index contributed by atoms with van der Waals surface area (Å²) >= 11 is 0. The van der Waals surface area contributed by atoms with E-state index in [1.807, 2.05) is 30.3 Å². The van der Waals surface area contributed by atoms with Crippen LogP contribution in [-0.4, -0.2) is 35.5 Å². The van der Waals surface area contributed by atoms with Crippen molar-refractivity contribution in [2.24, 2.45) is 0 Å². The molecule has 0 unspecified atom stereocenters. The second kappa shape index (κ2) is 6.20. The first-order valence-electron chi connectivity index (χ1n) is 6.77. The minimum absolute atomic E-state index is 0.0992. The minimum atomic E-state index is -2.92. The van der Waals surface area contributed by atoms with Gasteiger partial charge >= 0.3 is 6.09 Å². The van der Waals surface area contributed by atoms with E-state index in [1.165, 1.54) is 0 Å². The molecular formula is C15H17F2NO3. The number of hydrogen-bond acceptors (Lipinski definition) is 3. The summed E-state index contributed by atoms with van der Waals surface area (Å²) in [6.07, 6.45) is -1.24. The maximum atomic E-state index is 12.8. The number of imide groups is 1. The average molecular weight is 297 g/mol.